The number of nitrogens with two attached hydrogens (primary N) is 1. The number of fused-ring (bicyclic) bond motifs is 1. The molecule has 6 aromatic rings. The molecule has 1 aliphatic heterocycles. The standard InChI is InChI=1S/C36H35N7/c1-25-13-17-38-30(20-25)21-26-14-18-42(19-15-26)24-27-9-11-31(12-10-27)43-35(32-8-5-16-39-34(32)37)41-33-22-29(23-40-36(33)43)28-6-3-2-4-7-28/h2-13,16-17,20,22-23,26H,14-15,18-19,21,24H2,1H3,(H2,37,39). The Labute approximate surface area is 252 Å². The molecule has 0 bridgehead atoms. The summed E-state index contributed by atoms with van der Waals surface area (Å²) >= 11 is 0. The number of piperidine rings is 1. The maximum Gasteiger partial charge on any atom is 0.164 e. The second kappa shape index (κ2) is 11.8. The summed E-state index contributed by atoms with van der Waals surface area (Å²) in [6.45, 7) is 5.31. The van der Waals surface area contributed by atoms with Gasteiger partial charge in [-0.25, -0.2) is 15.0 Å². The number of hydrogen-bond donors (Lipinski definition) is 1. The Bertz CT molecular complexity index is 1850. The lowest BCUT2D eigenvalue weighted by atomic mass is 9.91. The minimum absolute atomic E-state index is 0.445. The molecule has 0 unspecified atom stereocenters. The second-order valence-corrected chi connectivity index (χ2v) is 11.6. The zero-order valence-corrected chi connectivity index (χ0v) is 24.4. The summed E-state index contributed by atoms with van der Waals surface area (Å²) in [6.07, 6.45) is 9.05. The number of rotatable bonds is 7. The quantitative estimate of drug-likeness (QED) is 0.227. The van der Waals surface area contributed by atoms with E-state index in [2.05, 4.69) is 81.0 Å². The summed E-state index contributed by atoms with van der Waals surface area (Å²) in [5, 5.41) is 0. The highest BCUT2D eigenvalue weighted by Crippen LogP contribution is 2.32. The molecule has 4 aromatic heterocycles. The van der Waals surface area contributed by atoms with Gasteiger partial charge in [-0.2, -0.15) is 0 Å². The van der Waals surface area contributed by atoms with Crippen LogP contribution in [-0.4, -0.2) is 42.5 Å². The number of likely N-dealkylation sites (tertiary alicyclic amines) is 1. The lowest BCUT2D eigenvalue weighted by Crippen LogP contribution is -2.33. The van der Waals surface area contributed by atoms with Gasteiger partial charge in [-0.3, -0.25) is 14.5 Å². The van der Waals surface area contributed by atoms with E-state index in [9.17, 15) is 0 Å². The smallest absolute Gasteiger partial charge is 0.164 e. The minimum Gasteiger partial charge on any atom is -0.383 e. The molecule has 2 N–H and O–H groups in total. The van der Waals surface area contributed by atoms with Crippen LogP contribution in [0.1, 0.15) is 29.7 Å². The molecular weight excluding hydrogens is 530 g/mol. The third-order valence-electron chi connectivity index (χ3n) is 8.46. The van der Waals surface area contributed by atoms with E-state index in [0.717, 1.165) is 65.4 Å². The number of nitrogens with zero attached hydrogens (tertiary/aromatic N) is 6. The third kappa shape index (κ3) is 5.76. The lowest BCUT2D eigenvalue weighted by molar-refractivity contribution is 0.176. The molecule has 7 rings (SSSR count). The maximum absolute atomic E-state index is 6.34. The highest BCUT2D eigenvalue weighted by atomic mass is 15.1. The summed E-state index contributed by atoms with van der Waals surface area (Å²) in [5.41, 5.74) is 15.7. The van der Waals surface area contributed by atoms with E-state index in [0.29, 0.717) is 11.7 Å². The number of nitrogen functional groups attached to an aromatic ring is 1. The van der Waals surface area contributed by atoms with Crippen LogP contribution in [0, 0.1) is 12.8 Å². The van der Waals surface area contributed by atoms with Crippen molar-refractivity contribution in [2.45, 2.75) is 32.7 Å². The maximum atomic E-state index is 6.34. The SMILES string of the molecule is Cc1ccnc(CC2CCN(Cc3ccc(-n4c(-c5cccnc5N)nc5cc(-c6ccccc6)cnc54)cc3)CC2)c1. The molecule has 7 nitrogen and oxygen atoms in total. The molecule has 5 heterocycles. The predicted octanol–water partition coefficient (Wildman–Crippen LogP) is 6.89. The van der Waals surface area contributed by atoms with Gasteiger partial charge in [0.1, 0.15) is 11.3 Å². The first-order chi connectivity index (χ1) is 21.1. The number of aryl methyl sites for hydroxylation is 1. The van der Waals surface area contributed by atoms with Crippen molar-refractivity contribution in [3.05, 3.63) is 120 Å². The first kappa shape index (κ1) is 27.0. The minimum atomic E-state index is 0.445. The lowest BCUT2D eigenvalue weighted by Gasteiger charge is -2.32. The molecule has 0 atom stereocenters. The first-order valence-corrected chi connectivity index (χ1v) is 15.0. The van der Waals surface area contributed by atoms with Gasteiger partial charge in [0.15, 0.2) is 11.5 Å². The molecule has 1 aliphatic rings. The molecule has 1 fully saturated rings. The summed E-state index contributed by atoms with van der Waals surface area (Å²) < 4.78 is 2.09. The average Bonchev–Trinajstić information content (AvgIpc) is 3.42. The van der Waals surface area contributed by atoms with Crippen LogP contribution in [-0.2, 0) is 13.0 Å². The Hall–Kier alpha value is -4.88. The average molecular weight is 566 g/mol. The van der Waals surface area contributed by atoms with E-state index in [1.165, 1.54) is 29.7 Å². The van der Waals surface area contributed by atoms with Crippen molar-refractivity contribution >= 4 is 17.0 Å². The van der Waals surface area contributed by atoms with Crippen molar-refractivity contribution in [2.24, 2.45) is 5.92 Å². The van der Waals surface area contributed by atoms with Crippen LogP contribution in [0.5, 0.6) is 0 Å². The van der Waals surface area contributed by atoms with Gasteiger partial charge in [0.05, 0.1) is 5.56 Å². The summed E-state index contributed by atoms with van der Waals surface area (Å²) in [7, 11) is 0. The molecule has 0 radical (unpaired) electrons. The van der Waals surface area contributed by atoms with Gasteiger partial charge in [-0.1, -0.05) is 42.5 Å². The van der Waals surface area contributed by atoms with E-state index in [1.807, 2.05) is 42.7 Å². The van der Waals surface area contributed by atoms with Gasteiger partial charge in [0.2, 0.25) is 0 Å². The monoisotopic (exact) mass is 565 g/mol. The van der Waals surface area contributed by atoms with Crippen molar-refractivity contribution in [2.75, 3.05) is 18.8 Å². The van der Waals surface area contributed by atoms with Crippen molar-refractivity contribution in [1.29, 1.82) is 0 Å². The first-order valence-electron chi connectivity index (χ1n) is 15.0. The summed E-state index contributed by atoms with van der Waals surface area (Å²) in [4.78, 5) is 21.4. The van der Waals surface area contributed by atoms with Crippen LogP contribution in [0.3, 0.4) is 0 Å². The van der Waals surface area contributed by atoms with Crippen molar-refractivity contribution < 1.29 is 0 Å². The van der Waals surface area contributed by atoms with E-state index < -0.39 is 0 Å². The molecule has 2 aromatic carbocycles. The van der Waals surface area contributed by atoms with E-state index >= 15 is 0 Å². The Morgan fingerprint density at radius 3 is 2.40 bits per heavy atom. The fourth-order valence-electron chi connectivity index (χ4n) is 6.15. The Morgan fingerprint density at radius 2 is 1.63 bits per heavy atom. The number of imidazole rings is 1. The fourth-order valence-corrected chi connectivity index (χ4v) is 6.15. The van der Waals surface area contributed by atoms with E-state index in [-0.39, 0.29) is 0 Å². The molecule has 0 spiro atoms. The van der Waals surface area contributed by atoms with Crippen molar-refractivity contribution in [1.82, 2.24) is 29.4 Å². The Kier molecular flexibility index (Phi) is 7.39. The predicted molar refractivity (Wildman–Crippen MR) is 173 cm³/mol. The van der Waals surface area contributed by atoms with Crippen molar-refractivity contribution in [3.8, 4) is 28.2 Å². The summed E-state index contributed by atoms with van der Waals surface area (Å²) in [5.74, 6) is 1.88. The largest absolute Gasteiger partial charge is 0.383 e. The molecule has 0 aliphatic carbocycles. The van der Waals surface area contributed by atoms with Crippen molar-refractivity contribution in [3.63, 3.8) is 0 Å². The van der Waals surface area contributed by atoms with Crippen LogP contribution in [0.4, 0.5) is 5.82 Å². The highest BCUT2D eigenvalue weighted by molar-refractivity contribution is 5.85. The number of hydrogen-bond acceptors (Lipinski definition) is 6. The molecule has 1 saturated heterocycles. The molecular formula is C36H35N7. The zero-order chi connectivity index (χ0) is 29.2. The molecule has 214 valence electrons. The topological polar surface area (TPSA) is 85.8 Å². The van der Waals surface area contributed by atoms with Gasteiger partial charge in [-0.15, -0.1) is 0 Å². The van der Waals surface area contributed by atoms with Gasteiger partial charge in [-0.05, 0) is 104 Å². The van der Waals surface area contributed by atoms with E-state index in [1.54, 1.807) is 6.20 Å². The third-order valence-corrected chi connectivity index (χ3v) is 8.46. The van der Waals surface area contributed by atoms with Gasteiger partial charge < -0.3 is 5.73 Å². The van der Waals surface area contributed by atoms with Crippen LogP contribution in [0.25, 0.3) is 39.4 Å². The van der Waals surface area contributed by atoms with Crippen LogP contribution in [0.15, 0.2) is 104 Å². The zero-order valence-electron chi connectivity index (χ0n) is 24.4. The van der Waals surface area contributed by atoms with Gasteiger partial charge in [0, 0.05) is 42.1 Å². The number of pyridine rings is 3. The van der Waals surface area contributed by atoms with Gasteiger partial charge >= 0.3 is 0 Å². The highest BCUT2D eigenvalue weighted by Gasteiger charge is 2.21. The van der Waals surface area contributed by atoms with Crippen LogP contribution >= 0.6 is 0 Å². The molecule has 7 heteroatoms. The number of benzene rings is 2. The number of anilines is 1. The second-order valence-electron chi connectivity index (χ2n) is 11.6. The summed E-state index contributed by atoms with van der Waals surface area (Å²) in [6, 6.07) is 29.3. The Morgan fingerprint density at radius 1 is 0.814 bits per heavy atom. The molecule has 0 saturated carbocycles. The Balaban J connectivity index is 1.12. The molecule has 43 heavy (non-hydrogen) atoms. The molecule has 0 amide bonds. The van der Waals surface area contributed by atoms with Crippen LogP contribution < -0.4 is 5.73 Å². The van der Waals surface area contributed by atoms with E-state index in [4.69, 9.17) is 15.7 Å². The normalized spacial score (nSPS) is 14.3. The van der Waals surface area contributed by atoms with Gasteiger partial charge in [0.25, 0.3) is 0 Å². The van der Waals surface area contributed by atoms with Crippen LogP contribution in [0.2, 0.25) is 0 Å². The number of aromatic nitrogens is 5. The fraction of sp³-hybridized carbons (Fsp3) is 0.222.